The van der Waals surface area contributed by atoms with Gasteiger partial charge in [-0.25, -0.2) is 4.98 Å². The van der Waals surface area contributed by atoms with Crippen LogP contribution in [0, 0.1) is 0 Å². The summed E-state index contributed by atoms with van der Waals surface area (Å²) in [5, 5.41) is 6.67. The lowest BCUT2D eigenvalue weighted by Gasteiger charge is -2.36. The Balaban J connectivity index is 1.53. The maximum Gasteiger partial charge on any atom is 0.289 e. The van der Waals surface area contributed by atoms with Crippen molar-refractivity contribution in [3.05, 3.63) is 40.2 Å². The molecule has 1 saturated heterocycles. The minimum absolute atomic E-state index is 0.0446. The highest BCUT2D eigenvalue weighted by Crippen LogP contribution is 2.12. The molecule has 146 valence electrons. The minimum Gasteiger partial charge on any atom is -0.459 e. The standard InChI is InChI=1S/C19H27N5O2S/c1-3-17-22-15(14-27-17)7-8-21-19(20-4-2)24-11-9-23(10-12-24)18(25)16-6-5-13-26-16/h5-6,13-14H,3-4,7-12H2,1-2H3,(H,20,21). The molecule has 3 heterocycles. The fourth-order valence-electron chi connectivity index (χ4n) is 3.01. The van der Waals surface area contributed by atoms with Crippen molar-refractivity contribution in [1.29, 1.82) is 0 Å². The number of aryl methyl sites for hydroxylation is 1. The fraction of sp³-hybridized carbons (Fsp3) is 0.526. The molecule has 1 aliphatic rings. The van der Waals surface area contributed by atoms with Crippen molar-refractivity contribution in [3.63, 3.8) is 0 Å². The number of nitrogens with one attached hydrogen (secondary N) is 1. The van der Waals surface area contributed by atoms with Crippen molar-refractivity contribution in [3.8, 4) is 0 Å². The molecule has 1 amide bonds. The number of nitrogens with zero attached hydrogens (tertiary/aromatic N) is 4. The molecule has 3 rings (SSSR count). The van der Waals surface area contributed by atoms with Crippen molar-refractivity contribution < 1.29 is 9.21 Å². The molecule has 8 heteroatoms. The second kappa shape index (κ2) is 9.55. The lowest BCUT2D eigenvalue weighted by Crippen LogP contribution is -2.53. The highest BCUT2D eigenvalue weighted by molar-refractivity contribution is 7.09. The number of guanidine groups is 1. The number of carbonyl (C=O) groups is 1. The van der Waals surface area contributed by atoms with E-state index in [1.165, 1.54) is 11.3 Å². The van der Waals surface area contributed by atoms with Crippen molar-refractivity contribution in [2.24, 2.45) is 4.99 Å². The Morgan fingerprint density at radius 2 is 2.07 bits per heavy atom. The molecular formula is C19H27N5O2S. The zero-order chi connectivity index (χ0) is 19.1. The quantitative estimate of drug-likeness (QED) is 0.606. The number of furan rings is 1. The fourth-order valence-corrected chi connectivity index (χ4v) is 3.78. The summed E-state index contributed by atoms with van der Waals surface area (Å²) in [4.78, 5) is 25.8. The van der Waals surface area contributed by atoms with Crippen LogP contribution in [0.15, 0.2) is 33.2 Å². The van der Waals surface area contributed by atoms with E-state index in [0.717, 1.165) is 44.1 Å². The summed E-state index contributed by atoms with van der Waals surface area (Å²) in [6.07, 6.45) is 3.37. The van der Waals surface area contributed by atoms with E-state index >= 15 is 0 Å². The molecule has 0 aromatic carbocycles. The largest absolute Gasteiger partial charge is 0.459 e. The molecule has 0 unspecified atom stereocenters. The Bertz CT molecular complexity index is 748. The molecule has 0 radical (unpaired) electrons. The van der Waals surface area contributed by atoms with Gasteiger partial charge in [-0.15, -0.1) is 11.3 Å². The molecule has 0 bridgehead atoms. The Kier molecular flexibility index (Phi) is 6.86. The number of thiazole rings is 1. The van der Waals surface area contributed by atoms with E-state index in [9.17, 15) is 4.79 Å². The second-order valence-corrected chi connectivity index (χ2v) is 7.27. The number of carbonyl (C=O) groups excluding carboxylic acids is 1. The number of rotatable bonds is 6. The molecule has 2 aromatic rings. The first-order chi connectivity index (χ1) is 13.2. The summed E-state index contributed by atoms with van der Waals surface area (Å²) in [6.45, 7) is 8.57. The van der Waals surface area contributed by atoms with Gasteiger partial charge in [-0.2, -0.15) is 0 Å². The van der Waals surface area contributed by atoms with E-state index in [0.29, 0.717) is 25.4 Å². The van der Waals surface area contributed by atoms with Crippen molar-refractivity contribution in [2.45, 2.75) is 26.7 Å². The van der Waals surface area contributed by atoms with Crippen molar-refractivity contribution >= 4 is 23.2 Å². The Morgan fingerprint density at radius 3 is 2.70 bits per heavy atom. The molecule has 0 aliphatic carbocycles. The smallest absolute Gasteiger partial charge is 0.289 e. The molecule has 1 aliphatic heterocycles. The van der Waals surface area contributed by atoms with Gasteiger partial charge in [0.05, 0.1) is 17.0 Å². The molecule has 7 nitrogen and oxygen atoms in total. The van der Waals surface area contributed by atoms with Gasteiger partial charge < -0.3 is 19.5 Å². The summed E-state index contributed by atoms with van der Waals surface area (Å²) in [5.41, 5.74) is 1.12. The van der Waals surface area contributed by atoms with Crippen LogP contribution in [0.25, 0.3) is 0 Å². The number of hydrogen-bond acceptors (Lipinski definition) is 5. The SMILES string of the molecule is CCNC(=NCCc1csc(CC)n1)N1CCN(C(=O)c2ccco2)CC1. The van der Waals surface area contributed by atoms with Gasteiger partial charge in [-0.1, -0.05) is 6.92 Å². The van der Waals surface area contributed by atoms with Crippen molar-refractivity contribution in [1.82, 2.24) is 20.1 Å². The third-order valence-electron chi connectivity index (χ3n) is 4.46. The molecular weight excluding hydrogens is 362 g/mol. The number of piperazine rings is 1. The van der Waals surface area contributed by atoms with Crippen LogP contribution < -0.4 is 5.32 Å². The predicted molar refractivity (Wildman–Crippen MR) is 107 cm³/mol. The van der Waals surface area contributed by atoms with E-state index in [1.807, 2.05) is 4.90 Å². The predicted octanol–water partition coefficient (Wildman–Crippen LogP) is 2.26. The van der Waals surface area contributed by atoms with E-state index < -0.39 is 0 Å². The maximum atomic E-state index is 12.4. The monoisotopic (exact) mass is 389 g/mol. The summed E-state index contributed by atoms with van der Waals surface area (Å²) in [5.74, 6) is 1.27. The topological polar surface area (TPSA) is 74.0 Å². The number of aromatic nitrogens is 1. The van der Waals surface area contributed by atoms with Gasteiger partial charge in [0, 0.05) is 51.1 Å². The number of amides is 1. The summed E-state index contributed by atoms with van der Waals surface area (Å²) in [6, 6.07) is 3.45. The maximum absolute atomic E-state index is 12.4. The third-order valence-corrected chi connectivity index (χ3v) is 5.51. The number of hydrogen-bond donors (Lipinski definition) is 1. The molecule has 27 heavy (non-hydrogen) atoms. The zero-order valence-corrected chi connectivity index (χ0v) is 16.8. The summed E-state index contributed by atoms with van der Waals surface area (Å²) >= 11 is 1.72. The van der Waals surface area contributed by atoms with Crippen molar-refractivity contribution in [2.75, 3.05) is 39.3 Å². The van der Waals surface area contributed by atoms with Crippen LogP contribution in [0.2, 0.25) is 0 Å². The van der Waals surface area contributed by atoms with E-state index in [1.54, 1.807) is 23.5 Å². The van der Waals surface area contributed by atoms with Crippen LogP contribution >= 0.6 is 11.3 Å². The Hall–Kier alpha value is -2.35. The minimum atomic E-state index is -0.0446. The zero-order valence-electron chi connectivity index (χ0n) is 16.0. The second-order valence-electron chi connectivity index (χ2n) is 6.33. The molecule has 1 fully saturated rings. The van der Waals surface area contributed by atoms with Gasteiger partial charge in [-0.3, -0.25) is 9.79 Å². The van der Waals surface area contributed by atoms with E-state index in [-0.39, 0.29) is 5.91 Å². The molecule has 2 aromatic heterocycles. The van der Waals surface area contributed by atoms with Crippen LogP contribution in [0.4, 0.5) is 0 Å². The van der Waals surface area contributed by atoms with Gasteiger partial charge >= 0.3 is 0 Å². The average molecular weight is 390 g/mol. The van der Waals surface area contributed by atoms with Crippen LogP contribution in [-0.2, 0) is 12.8 Å². The lowest BCUT2D eigenvalue weighted by molar-refractivity contribution is 0.0657. The van der Waals surface area contributed by atoms with Crippen LogP contribution in [0.1, 0.15) is 35.1 Å². The van der Waals surface area contributed by atoms with Crippen LogP contribution in [0.5, 0.6) is 0 Å². The average Bonchev–Trinajstić information content (AvgIpc) is 3.39. The molecule has 0 atom stereocenters. The highest BCUT2D eigenvalue weighted by Gasteiger charge is 2.25. The van der Waals surface area contributed by atoms with Gasteiger partial charge in [0.1, 0.15) is 0 Å². The van der Waals surface area contributed by atoms with Gasteiger partial charge in [0.25, 0.3) is 5.91 Å². The van der Waals surface area contributed by atoms with Crippen LogP contribution in [0.3, 0.4) is 0 Å². The summed E-state index contributed by atoms with van der Waals surface area (Å²) in [7, 11) is 0. The first-order valence-electron chi connectivity index (χ1n) is 9.50. The van der Waals surface area contributed by atoms with Crippen LogP contribution in [-0.4, -0.2) is 65.9 Å². The normalized spacial score (nSPS) is 15.3. The first-order valence-corrected chi connectivity index (χ1v) is 10.4. The van der Waals surface area contributed by atoms with E-state index in [2.05, 4.69) is 34.4 Å². The Labute approximate surface area is 164 Å². The Morgan fingerprint density at radius 1 is 1.30 bits per heavy atom. The lowest BCUT2D eigenvalue weighted by atomic mass is 10.3. The van der Waals surface area contributed by atoms with Gasteiger partial charge in [0.15, 0.2) is 11.7 Å². The molecule has 0 spiro atoms. The third kappa shape index (κ3) is 5.09. The summed E-state index contributed by atoms with van der Waals surface area (Å²) < 4.78 is 5.22. The highest BCUT2D eigenvalue weighted by atomic mass is 32.1. The number of aliphatic imine (C=N–C) groups is 1. The van der Waals surface area contributed by atoms with Gasteiger partial charge in [-0.05, 0) is 25.5 Å². The van der Waals surface area contributed by atoms with E-state index in [4.69, 9.17) is 9.41 Å². The first kappa shape index (κ1) is 19.4. The molecule has 1 N–H and O–H groups in total. The molecule has 0 saturated carbocycles. The van der Waals surface area contributed by atoms with Gasteiger partial charge in [0.2, 0.25) is 0 Å².